The lowest BCUT2D eigenvalue weighted by molar-refractivity contribution is 0.102. The lowest BCUT2D eigenvalue weighted by Crippen LogP contribution is -2.14. The zero-order chi connectivity index (χ0) is 13.8. The normalized spacial score (nSPS) is 10.1. The molecule has 0 fully saturated rings. The van der Waals surface area contributed by atoms with E-state index in [0.29, 0.717) is 22.0 Å². The molecule has 5 heteroatoms. The number of aryl methyl sites for hydroxylation is 1. The number of nitrogens with zero attached hydrogens (tertiary/aromatic N) is 1. The summed E-state index contributed by atoms with van der Waals surface area (Å²) in [5.41, 5.74) is 1.90. The number of nitrogens with one attached hydrogen (secondary N) is 1. The van der Waals surface area contributed by atoms with Gasteiger partial charge in [0, 0.05) is 17.4 Å². The van der Waals surface area contributed by atoms with Crippen LogP contribution in [0.1, 0.15) is 15.9 Å². The average Bonchev–Trinajstić information content (AvgIpc) is 2.39. The minimum atomic E-state index is -0.244. The van der Waals surface area contributed by atoms with E-state index in [4.69, 9.17) is 16.3 Å². The first-order valence-electron chi connectivity index (χ1n) is 5.67. The number of anilines is 1. The molecule has 0 saturated heterocycles. The highest BCUT2D eigenvalue weighted by atomic mass is 35.5. The molecule has 0 bridgehead atoms. The second-order valence-corrected chi connectivity index (χ2v) is 4.43. The van der Waals surface area contributed by atoms with Crippen molar-refractivity contribution in [3.63, 3.8) is 0 Å². The highest BCUT2D eigenvalue weighted by Crippen LogP contribution is 2.28. The van der Waals surface area contributed by atoms with Gasteiger partial charge in [0.25, 0.3) is 5.91 Å². The summed E-state index contributed by atoms with van der Waals surface area (Å²) in [6.45, 7) is 1.85. The van der Waals surface area contributed by atoms with Crippen molar-refractivity contribution >= 4 is 23.2 Å². The lowest BCUT2D eigenvalue weighted by atomic mass is 10.1. The van der Waals surface area contributed by atoms with Crippen molar-refractivity contribution in [2.24, 2.45) is 0 Å². The minimum Gasteiger partial charge on any atom is -0.495 e. The van der Waals surface area contributed by atoms with E-state index in [2.05, 4.69) is 10.3 Å². The minimum absolute atomic E-state index is 0.244. The number of halogens is 1. The van der Waals surface area contributed by atoms with Gasteiger partial charge in [0.15, 0.2) is 0 Å². The number of pyridine rings is 1. The van der Waals surface area contributed by atoms with Gasteiger partial charge in [0.05, 0.1) is 18.4 Å². The van der Waals surface area contributed by atoms with Gasteiger partial charge in [-0.15, -0.1) is 0 Å². The molecule has 0 unspecified atom stereocenters. The van der Waals surface area contributed by atoms with Crippen molar-refractivity contribution < 1.29 is 9.53 Å². The maximum Gasteiger partial charge on any atom is 0.257 e. The van der Waals surface area contributed by atoms with Crippen molar-refractivity contribution in [3.05, 3.63) is 52.8 Å². The summed E-state index contributed by atoms with van der Waals surface area (Å²) in [6, 6.07) is 6.83. The highest BCUT2D eigenvalue weighted by Gasteiger charge is 2.12. The molecule has 0 aliphatic heterocycles. The van der Waals surface area contributed by atoms with Crippen molar-refractivity contribution in [2.75, 3.05) is 12.4 Å². The van der Waals surface area contributed by atoms with Gasteiger partial charge in [0.1, 0.15) is 5.75 Å². The average molecular weight is 277 g/mol. The SMILES string of the molecule is COc1ccc(Cl)cc1NC(=O)c1cnccc1C. The molecule has 0 aliphatic carbocycles. The quantitative estimate of drug-likeness (QED) is 0.936. The Morgan fingerprint density at radius 3 is 2.84 bits per heavy atom. The third-order valence-electron chi connectivity index (χ3n) is 2.69. The molecular weight excluding hydrogens is 264 g/mol. The fourth-order valence-electron chi connectivity index (χ4n) is 1.67. The lowest BCUT2D eigenvalue weighted by Gasteiger charge is -2.11. The molecular formula is C14H13ClN2O2. The predicted octanol–water partition coefficient (Wildman–Crippen LogP) is 3.30. The zero-order valence-corrected chi connectivity index (χ0v) is 11.4. The Balaban J connectivity index is 2.29. The zero-order valence-electron chi connectivity index (χ0n) is 10.6. The van der Waals surface area contributed by atoms with Gasteiger partial charge in [-0.3, -0.25) is 9.78 Å². The Morgan fingerprint density at radius 1 is 1.37 bits per heavy atom. The van der Waals surface area contributed by atoms with Crippen LogP contribution in [-0.4, -0.2) is 18.0 Å². The molecule has 0 radical (unpaired) electrons. The topological polar surface area (TPSA) is 51.2 Å². The molecule has 1 heterocycles. The first-order chi connectivity index (χ1) is 9.11. The Morgan fingerprint density at radius 2 is 2.16 bits per heavy atom. The fourth-order valence-corrected chi connectivity index (χ4v) is 1.84. The number of amides is 1. The number of rotatable bonds is 3. The van der Waals surface area contributed by atoms with Crippen LogP contribution in [0, 0.1) is 6.92 Å². The molecule has 2 aromatic rings. The van der Waals surface area contributed by atoms with Crippen LogP contribution in [0.2, 0.25) is 5.02 Å². The summed E-state index contributed by atoms with van der Waals surface area (Å²) in [5.74, 6) is 0.311. The molecule has 1 amide bonds. The van der Waals surface area contributed by atoms with Crippen LogP contribution in [0.5, 0.6) is 5.75 Å². The summed E-state index contributed by atoms with van der Waals surface area (Å²) in [5, 5.41) is 3.30. The van der Waals surface area contributed by atoms with E-state index >= 15 is 0 Å². The molecule has 2 rings (SSSR count). The van der Waals surface area contributed by atoms with Crippen LogP contribution in [0.15, 0.2) is 36.7 Å². The molecule has 0 saturated carbocycles. The number of hydrogen-bond donors (Lipinski definition) is 1. The number of benzene rings is 1. The van der Waals surface area contributed by atoms with Crippen LogP contribution < -0.4 is 10.1 Å². The number of hydrogen-bond acceptors (Lipinski definition) is 3. The molecule has 98 valence electrons. The van der Waals surface area contributed by atoms with E-state index in [1.54, 1.807) is 30.5 Å². The maximum absolute atomic E-state index is 12.2. The number of carbonyl (C=O) groups is 1. The molecule has 4 nitrogen and oxygen atoms in total. The summed E-state index contributed by atoms with van der Waals surface area (Å²) >= 11 is 5.92. The third-order valence-corrected chi connectivity index (χ3v) is 2.93. The Hall–Kier alpha value is -2.07. The maximum atomic E-state index is 12.2. The Kier molecular flexibility index (Phi) is 4.02. The largest absolute Gasteiger partial charge is 0.495 e. The fraction of sp³-hybridized carbons (Fsp3) is 0.143. The van der Waals surface area contributed by atoms with E-state index in [9.17, 15) is 4.79 Å². The first kappa shape index (κ1) is 13.4. The van der Waals surface area contributed by atoms with E-state index in [-0.39, 0.29) is 5.91 Å². The van der Waals surface area contributed by atoms with Crippen LogP contribution in [0.4, 0.5) is 5.69 Å². The summed E-state index contributed by atoms with van der Waals surface area (Å²) in [6.07, 6.45) is 3.17. The Labute approximate surface area is 116 Å². The van der Waals surface area contributed by atoms with Gasteiger partial charge >= 0.3 is 0 Å². The van der Waals surface area contributed by atoms with Crippen molar-refractivity contribution in [1.82, 2.24) is 4.98 Å². The van der Waals surface area contributed by atoms with Gasteiger partial charge in [-0.1, -0.05) is 11.6 Å². The van der Waals surface area contributed by atoms with Crippen molar-refractivity contribution in [3.8, 4) is 5.75 Å². The van der Waals surface area contributed by atoms with Crippen LogP contribution in [-0.2, 0) is 0 Å². The molecule has 1 aromatic heterocycles. The van der Waals surface area contributed by atoms with Gasteiger partial charge in [-0.25, -0.2) is 0 Å². The highest BCUT2D eigenvalue weighted by molar-refractivity contribution is 6.31. The second kappa shape index (κ2) is 5.71. The summed E-state index contributed by atoms with van der Waals surface area (Å²) in [4.78, 5) is 16.1. The monoisotopic (exact) mass is 276 g/mol. The van der Waals surface area contributed by atoms with E-state index in [0.717, 1.165) is 5.56 Å². The molecule has 1 aromatic carbocycles. The number of methoxy groups -OCH3 is 1. The molecule has 19 heavy (non-hydrogen) atoms. The van der Waals surface area contributed by atoms with Gasteiger partial charge in [-0.2, -0.15) is 0 Å². The van der Waals surface area contributed by atoms with Crippen molar-refractivity contribution in [1.29, 1.82) is 0 Å². The van der Waals surface area contributed by atoms with Gasteiger partial charge < -0.3 is 10.1 Å². The van der Waals surface area contributed by atoms with E-state index < -0.39 is 0 Å². The standard InChI is InChI=1S/C14H13ClN2O2/c1-9-5-6-16-8-11(9)14(18)17-12-7-10(15)3-4-13(12)19-2/h3-8H,1-2H3,(H,17,18). The number of carbonyl (C=O) groups excluding carboxylic acids is 1. The van der Waals surface area contributed by atoms with Gasteiger partial charge in [-0.05, 0) is 36.8 Å². The van der Waals surface area contributed by atoms with Crippen LogP contribution in [0.3, 0.4) is 0 Å². The van der Waals surface area contributed by atoms with Crippen LogP contribution >= 0.6 is 11.6 Å². The van der Waals surface area contributed by atoms with Crippen LogP contribution in [0.25, 0.3) is 0 Å². The van der Waals surface area contributed by atoms with E-state index in [1.165, 1.54) is 13.3 Å². The predicted molar refractivity (Wildman–Crippen MR) is 74.9 cm³/mol. The number of ether oxygens (including phenoxy) is 1. The third kappa shape index (κ3) is 3.03. The van der Waals surface area contributed by atoms with Gasteiger partial charge in [0.2, 0.25) is 0 Å². The molecule has 1 N–H and O–H groups in total. The second-order valence-electron chi connectivity index (χ2n) is 3.99. The number of aromatic nitrogens is 1. The molecule has 0 aliphatic rings. The van der Waals surface area contributed by atoms with E-state index in [1.807, 2.05) is 6.92 Å². The van der Waals surface area contributed by atoms with Crippen molar-refractivity contribution in [2.45, 2.75) is 6.92 Å². The smallest absolute Gasteiger partial charge is 0.257 e. The summed E-state index contributed by atoms with van der Waals surface area (Å²) < 4.78 is 5.18. The molecule has 0 atom stereocenters. The summed E-state index contributed by atoms with van der Waals surface area (Å²) in [7, 11) is 1.54. The molecule has 0 spiro atoms. The first-order valence-corrected chi connectivity index (χ1v) is 6.05. The Bertz CT molecular complexity index is 614.